The molecule has 0 saturated heterocycles. The van der Waals surface area contributed by atoms with Crippen LogP contribution >= 0.6 is 11.6 Å². The van der Waals surface area contributed by atoms with Crippen molar-refractivity contribution in [3.63, 3.8) is 0 Å². The highest BCUT2D eigenvalue weighted by Gasteiger charge is 2.17. The first-order valence-corrected chi connectivity index (χ1v) is 10.3. The summed E-state index contributed by atoms with van der Waals surface area (Å²) >= 11 is 6.20. The summed E-state index contributed by atoms with van der Waals surface area (Å²) < 4.78 is 15.9. The van der Waals surface area contributed by atoms with E-state index < -0.39 is 5.91 Å². The lowest BCUT2D eigenvalue weighted by atomic mass is 10.1. The summed E-state index contributed by atoms with van der Waals surface area (Å²) in [6.07, 6.45) is 0. The first kappa shape index (κ1) is 22.2. The van der Waals surface area contributed by atoms with Crippen molar-refractivity contribution in [2.45, 2.75) is 0 Å². The molecule has 0 bridgehead atoms. The molecule has 0 atom stereocenters. The number of fused-ring (bicyclic) bond motifs is 1. The highest BCUT2D eigenvalue weighted by Crippen LogP contribution is 2.38. The zero-order valence-corrected chi connectivity index (χ0v) is 18.9. The van der Waals surface area contributed by atoms with E-state index in [1.165, 1.54) is 21.3 Å². The second-order valence-electron chi connectivity index (χ2n) is 6.92. The van der Waals surface area contributed by atoms with Crippen LogP contribution in [0.3, 0.4) is 0 Å². The van der Waals surface area contributed by atoms with Crippen LogP contribution in [-0.4, -0.2) is 37.2 Å². The molecule has 33 heavy (non-hydrogen) atoms. The van der Waals surface area contributed by atoms with Crippen LogP contribution in [0.5, 0.6) is 17.2 Å². The number of aromatic nitrogens is 2. The van der Waals surface area contributed by atoms with E-state index in [4.69, 9.17) is 25.8 Å². The number of nitrogens with one attached hydrogen (secondary N) is 2. The van der Waals surface area contributed by atoms with E-state index in [9.17, 15) is 4.79 Å². The zero-order chi connectivity index (χ0) is 23.4. The summed E-state index contributed by atoms with van der Waals surface area (Å²) in [6.45, 7) is 0. The summed E-state index contributed by atoms with van der Waals surface area (Å²) in [5.74, 6) is 0.924. The van der Waals surface area contributed by atoms with Crippen molar-refractivity contribution in [3.05, 3.63) is 71.2 Å². The molecular formula is C24H21ClN4O4. The monoisotopic (exact) mass is 464 g/mol. The Bertz CT molecular complexity index is 1290. The summed E-state index contributed by atoms with van der Waals surface area (Å²) in [4.78, 5) is 21.9. The van der Waals surface area contributed by atoms with Gasteiger partial charge in [0.25, 0.3) is 5.91 Å². The molecule has 0 saturated carbocycles. The molecule has 0 radical (unpaired) electrons. The van der Waals surface area contributed by atoms with Gasteiger partial charge in [-0.2, -0.15) is 0 Å². The Kier molecular flexibility index (Phi) is 6.46. The predicted molar refractivity (Wildman–Crippen MR) is 127 cm³/mol. The van der Waals surface area contributed by atoms with Crippen LogP contribution in [0.2, 0.25) is 5.02 Å². The maximum Gasteiger partial charge on any atom is 0.269 e. The van der Waals surface area contributed by atoms with Crippen LogP contribution in [0.1, 0.15) is 10.4 Å². The van der Waals surface area contributed by atoms with Gasteiger partial charge in [-0.25, -0.2) is 9.97 Å². The Hall–Kier alpha value is -4.04. The summed E-state index contributed by atoms with van der Waals surface area (Å²) in [5, 5.41) is 1.38. The third kappa shape index (κ3) is 4.61. The molecule has 0 aliphatic heterocycles. The van der Waals surface area contributed by atoms with Gasteiger partial charge in [0.1, 0.15) is 0 Å². The number of rotatable bonds is 7. The number of methoxy groups -OCH3 is 3. The van der Waals surface area contributed by atoms with Gasteiger partial charge in [-0.05, 0) is 30.3 Å². The summed E-state index contributed by atoms with van der Waals surface area (Å²) in [6, 6.07) is 18.1. The number of carbonyl (C=O) groups excluding carboxylic acids is 1. The van der Waals surface area contributed by atoms with Crippen LogP contribution in [-0.2, 0) is 0 Å². The number of hydrazine groups is 1. The van der Waals surface area contributed by atoms with Crippen molar-refractivity contribution in [3.8, 4) is 28.5 Å². The van der Waals surface area contributed by atoms with Crippen molar-refractivity contribution in [2.75, 3.05) is 26.8 Å². The van der Waals surface area contributed by atoms with E-state index in [1.807, 2.05) is 36.4 Å². The molecule has 0 spiro atoms. The smallest absolute Gasteiger partial charge is 0.269 e. The van der Waals surface area contributed by atoms with E-state index in [0.717, 1.165) is 10.9 Å². The maximum atomic E-state index is 12.8. The number of amides is 1. The van der Waals surface area contributed by atoms with Gasteiger partial charge < -0.3 is 14.2 Å². The number of halogens is 1. The Morgan fingerprint density at radius 1 is 0.879 bits per heavy atom. The number of nitrogens with zero attached hydrogens (tertiary/aromatic N) is 2. The molecule has 1 heterocycles. The molecule has 3 aromatic carbocycles. The molecule has 9 heteroatoms. The first-order chi connectivity index (χ1) is 16.0. The Labute approximate surface area is 195 Å². The molecule has 4 aromatic rings. The van der Waals surface area contributed by atoms with Gasteiger partial charge in [0.15, 0.2) is 11.5 Å². The quantitative estimate of drug-likeness (QED) is 0.382. The van der Waals surface area contributed by atoms with Gasteiger partial charge in [0, 0.05) is 21.5 Å². The van der Waals surface area contributed by atoms with E-state index >= 15 is 0 Å². The molecule has 1 amide bonds. The highest BCUT2D eigenvalue weighted by atomic mass is 35.5. The number of anilines is 1. The number of carbonyl (C=O) groups is 1. The minimum atomic E-state index is -0.435. The fraction of sp³-hybridized carbons (Fsp3) is 0.125. The van der Waals surface area contributed by atoms with Crippen molar-refractivity contribution in [2.24, 2.45) is 0 Å². The molecule has 4 rings (SSSR count). The van der Waals surface area contributed by atoms with E-state index in [0.29, 0.717) is 39.0 Å². The van der Waals surface area contributed by atoms with Crippen LogP contribution < -0.4 is 25.1 Å². The molecule has 0 aliphatic carbocycles. The average molecular weight is 465 g/mol. The number of ether oxygens (including phenoxy) is 3. The molecular weight excluding hydrogens is 444 g/mol. The Morgan fingerprint density at radius 2 is 1.58 bits per heavy atom. The van der Waals surface area contributed by atoms with Crippen LogP contribution in [0.25, 0.3) is 22.2 Å². The number of hydrogen-bond acceptors (Lipinski definition) is 7. The SMILES string of the molecule is COc1cc(C(=O)NNc2nc(-c3ccccc3)c3cc(Cl)ccc3n2)cc(OC)c1OC. The number of hydrogen-bond donors (Lipinski definition) is 2. The van der Waals surface area contributed by atoms with Crippen molar-refractivity contribution < 1.29 is 19.0 Å². The highest BCUT2D eigenvalue weighted by molar-refractivity contribution is 6.31. The van der Waals surface area contributed by atoms with Crippen LogP contribution in [0, 0.1) is 0 Å². The minimum Gasteiger partial charge on any atom is -0.493 e. The molecule has 0 unspecified atom stereocenters. The second-order valence-corrected chi connectivity index (χ2v) is 7.35. The molecule has 8 nitrogen and oxygen atoms in total. The number of benzene rings is 3. The van der Waals surface area contributed by atoms with Crippen LogP contribution in [0.15, 0.2) is 60.7 Å². The lowest BCUT2D eigenvalue weighted by Gasteiger charge is -2.15. The molecule has 168 valence electrons. The first-order valence-electron chi connectivity index (χ1n) is 9.93. The third-order valence-corrected chi connectivity index (χ3v) is 5.15. The van der Waals surface area contributed by atoms with Gasteiger partial charge in [-0.3, -0.25) is 15.6 Å². The lowest BCUT2D eigenvalue weighted by molar-refractivity contribution is 0.0961. The van der Waals surface area contributed by atoms with E-state index in [-0.39, 0.29) is 5.95 Å². The van der Waals surface area contributed by atoms with Gasteiger partial charge >= 0.3 is 0 Å². The largest absolute Gasteiger partial charge is 0.493 e. The lowest BCUT2D eigenvalue weighted by Crippen LogP contribution is -2.30. The van der Waals surface area contributed by atoms with Gasteiger partial charge in [-0.15, -0.1) is 0 Å². The Morgan fingerprint density at radius 3 is 2.21 bits per heavy atom. The van der Waals surface area contributed by atoms with Crippen molar-refractivity contribution in [1.29, 1.82) is 0 Å². The van der Waals surface area contributed by atoms with Gasteiger partial charge in [0.2, 0.25) is 11.7 Å². The molecule has 0 aliphatic rings. The van der Waals surface area contributed by atoms with E-state index in [1.54, 1.807) is 24.3 Å². The van der Waals surface area contributed by atoms with Crippen molar-refractivity contribution in [1.82, 2.24) is 15.4 Å². The fourth-order valence-electron chi connectivity index (χ4n) is 3.37. The zero-order valence-electron chi connectivity index (χ0n) is 18.2. The average Bonchev–Trinajstić information content (AvgIpc) is 2.86. The Balaban J connectivity index is 1.65. The maximum absolute atomic E-state index is 12.8. The standard InChI is InChI=1S/C24H21ClN4O4/c1-31-19-11-15(12-20(32-2)22(19)33-3)23(30)28-29-24-26-18-10-9-16(25)13-17(18)21(27-24)14-7-5-4-6-8-14/h4-13H,1-3H3,(H,28,30)(H,26,27,29). The fourth-order valence-corrected chi connectivity index (χ4v) is 3.54. The summed E-state index contributed by atoms with van der Waals surface area (Å²) in [7, 11) is 4.46. The summed E-state index contributed by atoms with van der Waals surface area (Å²) in [5.41, 5.74) is 7.97. The molecule has 2 N–H and O–H groups in total. The van der Waals surface area contributed by atoms with Gasteiger partial charge in [0.05, 0.1) is 32.5 Å². The normalized spacial score (nSPS) is 10.5. The minimum absolute atomic E-state index is 0.226. The third-order valence-electron chi connectivity index (χ3n) is 4.92. The van der Waals surface area contributed by atoms with Crippen LogP contribution in [0.4, 0.5) is 5.95 Å². The molecule has 0 fully saturated rings. The predicted octanol–water partition coefficient (Wildman–Crippen LogP) is 4.73. The second kappa shape index (κ2) is 9.62. The van der Waals surface area contributed by atoms with E-state index in [2.05, 4.69) is 20.8 Å². The van der Waals surface area contributed by atoms with Crippen molar-refractivity contribution >= 4 is 34.4 Å². The van der Waals surface area contributed by atoms with Gasteiger partial charge in [-0.1, -0.05) is 41.9 Å². The topological polar surface area (TPSA) is 94.6 Å². The molecule has 1 aromatic heterocycles.